The van der Waals surface area contributed by atoms with Gasteiger partial charge in [0.15, 0.2) is 0 Å². The molecule has 0 radical (unpaired) electrons. The molecule has 154 valence electrons. The number of benzene rings is 3. The van der Waals surface area contributed by atoms with Crippen LogP contribution in [0, 0.1) is 0 Å². The number of hydrogen-bond acceptors (Lipinski definition) is 4. The van der Waals surface area contributed by atoms with Gasteiger partial charge in [0.25, 0.3) is 0 Å². The largest absolute Gasteiger partial charge is 0.489 e. The topological polar surface area (TPSA) is 79.5 Å². The van der Waals surface area contributed by atoms with Gasteiger partial charge in [-0.05, 0) is 48.0 Å². The van der Waals surface area contributed by atoms with E-state index in [0.29, 0.717) is 24.4 Å². The molecule has 0 aliphatic heterocycles. The van der Waals surface area contributed by atoms with Gasteiger partial charge in [0.05, 0.1) is 6.54 Å². The zero-order chi connectivity index (χ0) is 21.2. The Morgan fingerprint density at radius 1 is 0.767 bits per heavy atom. The number of rotatable bonds is 9. The van der Waals surface area contributed by atoms with E-state index in [4.69, 9.17) is 4.74 Å². The van der Waals surface area contributed by atoms with Crippen LogP contribution in [0.4, 0.5) is 17.1 Å². The molecule has 0 aliphatic carbocycles. The van der Waals surface area contributed by atoms with E-state index in [-0.39, 0.29) is 18.4 Å². The maximum absolute atomic E-state index is 12.2. The maximum Gasteiger partial charge on any atom is 0.243 e. The summed E-state index contributed by atoms with van der Waals surface area (Å²) in [5.41, 5.74) is 3.20. The highest BCUT2D eigenvalue weighted by Crippen LogP contribution is 2.18. The smallest absolute Gasteiger partial charge is 0.243 e. The average molecular weight is 403 g/mol. The third kappa shape index (κ3) is 6.67. The summed E-state index contributed by atoms with van der Waals surface area (Å²) < 4.78 is 5.76. The second-order valence-electron chi connectivity index (χ2n) is 6.68. The first-order valence-electron chi connectivity index (χ1n) is 9.83. The Hall–Kier alpha value is -3.80. The molecule has 0 saturated carbocycles. The molecule has 3 N–H and O–H groups in total. The molecule has 0 spiro atoms. The number of amides is 2. The van der Waals surface area contributed by atoms with Gasteiger partial charge in [-0.1, -0.05) is 43.3 Å². The predicted molar refractivity (Wildman–Crippen MR) is 120 cm³/mol. The standard InChI is InChI=1S/C24H25N3O3/c1-2-23(28)26-20-9-6-10-21(15-20)27-24(29)16-25-19-11-13-22(14-12-19)30-17-18-7-4-3-5-8-18/h3-15,25H,2,16-17H2,1H3,(H,26,28)(H,27,29). The second-order valence-corrected chi connectivity index (χ2v) is 6.68. The number of carbonyl (C=O) groups excluding carboxylic acids is 2. The van der Waals surface area contributed by atoms with Gasteiger partial charge in [-0.15, -0.1) is 0 Å². The SMILES string of the molecule is CCC(=O)Nc1cccc(NC(=O)CNc2ccc(OCc3ccccc3)cc2)c1. The molecule has 0 saturated heterocycles. The predicted octanol–water partition coefficient (Wildman–Crippen LogP) is 4.66. The molecule has 0 aliphatic rings. The van der Waals surface area contributed by atoms with Crippen molar-refractivity contribution < 1.29 is 14.3 Å². The lowest BCUT2D eigenvalue weighted by Crippen LogP contribution is -2.21. The molecule has 2 amide bonds. The summed E-state index contributed by atoms with van der Waals surface area (Å²) in [6.45, 7) is 2.41. The minimum Gasteiger partial charge on any atom is -0.489 e. The monoisotopic (exact) mass is 403 g/mol. The number of carbonyl (C=O) groups is 2. The van der Waals surface area contributed by atoms with Crippen LogP contribution in [0.15, 0.2) is 78.9 Å². The van der Waals surface area contributed by atoms with Gasteiger partial charge in [0.2, 0.25) is 11.8 Å². The molecular weight excluding hydrogens is 378 g/mol. The Bertz CT molecular complexity index is 973. The normalized spacial score (nSPS) is 10.2. The highest BCUT2D eigenvalue weighted by molar-refractivity contribution is 5.95. The van der Waals surface area contributed by atoms with E-state index in [1.807, 2.05) is 54.6 Å². The minimum absolute atomic E-state index is 0.0728. The summed E-state index contributed by atoms with van der Waals surface area (Å²) in [5, 5.41) is 8.67. The molecule has 6 heteroatoms. The van der Waals surface area contributed by atoms with Crippen molar-refractivity contribution in [2.45, 2.75) is 20.0 Å². The fourth-order valence-corrected chi connectivity index (χ4v) is 2.72. The minimum atomic E-state index is -0.182. The Labute approximate surface area is 176 Å². The van der Waals surface area contributed by atoms with Crippen molar-refractivity contribution in [3.8, 4) is 5.75 Å². The van der Waals surface area contributed by atoms with E-state index in [1.165, 1.54) is 0 Å². The molecule has 3 aromatic carbocycles. The van der Waals surface area contributed by atoms with E-state index < -0.39 is 0 Å². The van der Waals surface area contributed by atoms with Crippen LogP contribution in [0.2, 0.25) is 0 Å². The highest BCUT2D eigenvalue weighted by atomic mass is 16.5. The van der Waals surface area contributed by atoms with Crippen molar-refractivity contribution >= 4 is 28.9 Å². The van der Waals surface area contributed by atoms with Crippen LogP contribution >= 0.6 is 0 Å². The molecular formula is C24H25N3O3. The molecule has 0 heterocycles. The van der Waals surface area contributed by atoms with Gasteiger partial charge in [-0.2, -0.15) is 0 Å². The van der Waals surface area contributed by atoms with Crippen molar-refractivity contribution in [3.05, 3.63) is 84.4 Å². The van der Waals surface area contributed by atoms with E-state index in [9.17, 15) is 9.59 Å². The number of anilines is 3. The number of ether oxygens (including phenoxy) is 1. The number of nitrogens with one attached hydrogen (secondary N) is 3. The summed E-state index contributed by atoms with van der Waals surface area (Å²) in [6, 6.07) is 24.5. The summed E-state index contributed by atoms with van der Waals surface area (Å²) in [4.78, 5) is 23.7. The second kappa shape index (κ2) is 10.7. The lowest BCUT2D eigenvalue weighted by Gasteiger charge is -2.11. The van der Waals surface area contributed by atoms with Crippen LogP contribution < -0.4 is 20.7 Å². The van der Waals surface area contributed by atoms with Crippen molar-refractivity contribution in [2.24, 2.45) is 0 Å². The molecule has 0 atom stereocenters. The van der Waals surface area contributed by atoms with Gasteiger partial charge in [0, 0.05) is 23.5 Å². The van der Waals surface area contributed by atoms with E-state index in [2.05, 4.69) is 16.0 Å². The van der Waals surface area contributed by atoms with Gasteiger partial charge in [-0.25, -0.2) is 0 Å². The molecule has 3 aromatic rings. The fraction of sp³-hybridized carbons (Fsp3) is 0.167. The van der Waals surface area contributed by atoms with Crippen molar-refractivity contribution in [3.63, 3.8) is 0 Å². The summed E-state index contributed by atoms with van der Waals surface area (Å²) in [7, 11) is 0. The zero-order valence-corrected chi connectivity index (χ0v) is 16.9. The molecule has 0 bridgehead atoms. The Kier molecular flexibility index (Phi) is 7.44. The lowest BCUT2D eigenvalue weighted by atomic mass is 10.2. The Balaban J connectivity index is 1.45. The quantitative estimate of drug-likeness (QED) is 0.485. The van der Waals surface area contributed by atoms with Gasteiger partial charge in [0.1, 0.15) is 12.4 Å². The van der Waals surface area contributed by atoms with Crippen molar-refractivity contribution in [1.29, 1.82) is 0 Å². The van der Waals surface area contributed by atoms with Gasteiger partial charge >= 0.3 is 0 Å². The summed E-state index contributed by atoms with van der Waals surface area (Å²) in [6.07, 6.45) is 0.399. The van der Waals surface area contributed by atoms with Gasteiger partial charge in [-0.3, -0.25) is 9.59 Å². The Morgan fingerprint density at radius 3 is 2.10 bits per heavy atom. The highest BCUT2D eigenvalue weighted by Gasteiger charge is 2.05. The van der Waals surface area contributed by atoms with E-state index in [1.54, 1.807) is 31.2 Å². The number of hydrogen-bond donors (Lipinski definition) is 3. The van der Waals surface area contributed by atoms with Gasteiger partial charge < -0.3 is 20.7 Å². The van der Waals surface area contributed by atoms with Crippen LogP contribution in [0.1, 0.15) is 18.9 Å². The van der Waals surface area contributed by atoms with Crippen molar-refractivity contribution in [2.75, 3.05) is 22.5 Å². The van der Waals surface area contributed by atoms with E-state index in [0.717, 1.165) is 17.0 Å². The first kappa shape index (κ1) is 20.9. The van der Waals surface area contributed by atoms with E-state index >= 15 is 0 Å². The maximum atomic E-state index is 12.2. The van der Waals surface area contributed by atoms with Crippen LogP contribution in [-0.2, 0) is 16.2 Å². The fourth-order valence-electron chi connectivity index (χ4n) is 2.72. The van der Waals surface area contributed by atoms with Crippen LogP contribution in [0.25, 0.3) is 0 Å². The first-order valence-corrected chi connectivity index (χ1v) is 9.83. The third-order valence-corrected chi connectivity index (χ3v) is 4.31. The average Bonchev–Trinajstić information content (AvgIpc) is 2.78. The molecule has 0 aromatic heterocycles. The molecule has 6 nitrogen and oxygen atoms in total. The molecule has 0 unspecified atom stereocenters. The van der Waals surface area contributed by atoms with Crippen LogP contribution in [-0.4, -0.2) is 18.4 Å². The zero-order valence-electron chi connectivity index (χ0n) is 16.9. The van der Waals surface area contributed by atoms with Crippen LogP contribution in [0.3, 0.4) is 0 Å². The Morgan fingerprint density at radius 2 is 1.43 bits per heavy atom. The summed E-state index contributed by atoms with van der Waals surface area (Å²) in [5.74, 6) is 0.509. The molecule has 3 rings (SSSR count). The third-order valence-electron chi connectivity index (χ3n) is 4.31. The lowest BCUT2D eigenvalue weighted by molar-refractivity contribution is -0.116. The molecule has 30 heavy (non-hydrogen) atoms. The molecule has 0 fully saturated rings. The summed E-state index contributed by atoms with van der Waals surface area (Å²) >= 11 is 0. The first-order chi connectivity index (χ1) is 14.6. The van der Waals surface area contributed by atoms with Crippen LogP contribution in [0.5, 0.6) is 5.75 Å². The van der Waals surface area contributed by atoms with Crippen molar-refractivity contribution in [1.82, 2.24) is 0 Å².